The quantitative estimate of drug-likeness (QED) is 0.350. The number of hydrogen-bond acceptors (Lipinski definition) is 5. The highest BCUT2D eigenvalue weighted by atomic mass is 16.5. The normalized spacial score (nSPS) is 11.7. The summed E-state index contributed by atoms with van der Waals surface area (Å²) >= 11 is 0. The maximum Gasteiger partial charge on any atom is 0.248 e. The number of nitrogen functional groups attached to an aromatic ring is 1. The second-order valence-corrected chi connectivity index (χ2v) is 7.01. The first kappa shape index (κ1) is 21.8. The molecule has 0 saturated heterocycles. The number of nitrogens with two attached hydrogens (primary N) is 1. The Kier molecular flexibility index (Phi) is 7.17. The Morgan fingerprint density at radius 1 is 0.968 bits per heavy atom. The lowest BCUT2D eigenvalue weighted by Crippen LogP contribution is -2.09. The van der Waals surface area contributed by atoms with E-state index in [0.29, 0.717) is 22.9 Å². The summed E-state index contributed by atoms with van der Waals surface area (Å²) in [4.78, 5) is 12.1. The van der Waals surface area contributed by atoms with E-state index in [-0.39, 0.29) is 11.9 Å². The molecule has 0 aromatic heterocycles. The third-order valence-corrected chi connectivity index (χ3v) is 4.85. The largest absolute Gasteiger partial charge is 0.493 e. The Bertz CT molecular complexity index is 1060. The molecule has 0 radical (unpaired) electrons. The SMILES string of the molecule is COc1ccc(NC(C)c2ccc(/C=C/C(=O)Nc3ccccc3N)cc2)cc1OC. The van der Waals surface area contributed by atoms with Crippen molar-refractivity contribution in [2.75, 3.05) is 30.6 Å². The maximum absolute atomic E-state index is 12.1. The van der Waals surface area contributed by atoms with Gasteiger partial charge in [-0.3, -0.25) is 4.79 Å². The molecule has 0 fully saturated rings. The molecule has 4 N–H and O–H groups in total. The Balaban J connectivity index is 1.61. The van der Waals surface area contributed by atoms with E-state index in [1.54, 1.807) is 32.4 Å². The summed E-state index contributed by atoms with van der Waals surface area (Å²) in [6, 6.07) is 21.0. The standard InChI is InChI=1S/C25H27N3O3/c1-17(27-20-13-14-23(30-2)24(16-20)31-3)19-11-8-18(9-12-19)10-15-25(29)28-22-7-5-4-6-21(22)26/h4-17,27H,26H2,1-3H3,(H,28,29)/b15-10+. The summed E-state index contributed by atoms with van der Waals surface area (Å²) in [5, 5.41) is 6.23. The average Bonchev–Trinajstić information content (AvgIpc) is 2.79. The molecule has 0 aliphatic heterocycles. The zero-order valence-corrected chi connectivity index (χ0v) is 17.9. The van der Waals surface area contributed by atoms with Crippen molar-refractivity contribution in [2.24, 2.45) is 0 Å². The number of rotatable bonds is 8. The van der Waals surface area contributed by atoms with Crippen LogP contribution in [0.2, 0.25) is 0 Å². The number of hydrogen-bond donors (Lipinski definition) is 3. The second kappa shape index (κ2) is 10.2. The van der Waals surface area contributed by atoms with Crippen LogP contribution in [0, 0.1) is 0 Å². The van der Waals surface area contributed by atoms with E-state index in [2.05, 4.69) is 17.6 Å². The van der Waals surface area contributed by atoms with Gasteiger partial charge in [-0.25, -0.2) is 0 Å². The van der Waals surface area contributed by atoms with Gasteiger partial charge in [-0.2, -0.15) is 0 Å². The van der Waals surface area contributed by atoms with Crippen LogP contribution in [0.5, 0.6) is 11.5 Å². The predicted octanol–water partition coefficient (Wildman–Crippen LogP) is 5.11. The van der Waals surface area contributed by atoms with Crippen LogP contribution in [0.4, 0.5) is 17.1 Å². The third kappa shape index (κ3) is 5.79. The Morgan fingerprint density at radius 2 is 1.68 bits per heavy atom. The van der Waals surface area contributed by atoms with Crippen LogP contribution in [0.3, 0.4) is 0 Å². The number of anilines is 3. The van der Waals surface area contributed by atoms with Gasteiger partial charge in [-0.1, -0.05) is 36.4 Å². The third-order valence-electron chi connectivity index (χ3n) is 4.85. The van der Waals surface area contributed by atoms with Crippen molar-refractivity contribution >= 4 is 29.0 Å². The van der Waals surface area contributed by atoms with Crippen LogP contribution in [0.15, 0.2) is 72.8 Å². The number of para-hydroxylation sites is 2. The summed E-state index contributed by atoms with van der Waals surface area (Å²) in [7, 11) is 3.23. The lowest BCUT2D eigenvalue weighted by Gasteiger charge is -2.17. The van der Waals surface area contributed by atoms with E-state index in [1.807, 2.05) is 54.6 Å². The van der Waals surface area contributed by atoms with Crippen molar-refractivity contribution in [3.63, 3.8) is 0 Å². The molecule has 160 valence electrons. The predicted molar refractivity (Wildman–Crippen MR) is 127 cm³/mol. The minimum atomic E-state index is -0.231. The van der Waals surface area contributed by atoms with Gasteiger partial charge in [0.2, 0.25) is 5.91 Å². The summed E-state index contributed by atoms with van der Waals surface area (Å²) < 4.78 is 10.6. The molecule has 0 spiro atoms. The Labute approximate surface area is 182 Å². The number of ether oxygens (including phenoxy) is 2. The molecule has 0 bridgehead atoms. The lowest BCUT2D eigenvalue weighted by molar-refractivity contribution is -0.111. The van der Waals surface area contributed by atoms with Gasteiger partial charge in [0.05, 0.1) is 25.6 Å². The van der Waals surface area contributed by atoms with Gasteiger partial charge < -0.3 is 25.8 Å². The van der Waals surface area contributed by atoms with Crippen molar-refractivity contribution in [1.82, 2.24) is 0 Å². The molecule has 1 unspecified atom stereocenters. The number of nitrogens with one attached hydrogen (secondary N) is 2. The fraction of sp³-hybridized carbons (Fsp3) is 0.160. The van der Waals surface area contributed by atoms with Crippen LogP contribution in [0.25, 0.3) is 6.08 Å². The van der Waals surface area contributed by atoms with Crippen LogP contribution in [0.1, 0.15) is 24.1 Å². The number of methoxy groups -OCH3 is 2. The highest BCUT2D eigenvalue weighted by Gasteiger charge is 2.09. The van der Waals surface area contributed by atoms with E-state index in [1.165, 1.54) is 6.08 Å². The molecule has 6 nitrogen and oxygen atoms in total. The molecule has 0 aliphatic rings. The summed E-state index contributed by atoms with van der Waals surface area (Å²) in [5.41, 5.74) is 9.96. The molecule has 3 aromatic carbocycles. The van der Waals surface area contributed by atoms with Crippen molar-refractivity contribution in [2.45, 2.75) is 13.0 Å². The first-order chi connectivity index (χ1) is 15.0. The van der Waals surface area contributed by atoms with Crippen LogP contribution in [-0.2, 0) is 4.79 Å². The monoisotopic (exact) mass is 417 g/mol. The topological polar surface area (TPSA) is 85.6 Å². The molecule has 0 saturated carbocycles. The molecule has 31 heavy (non-hydrogen) atoms. The summed E-state index contributed by atoms with van der Waals surface area (Å²) in [5.74, 6) is 1.14. The van der Waals surface area contributed by atoms with Gasteiger partial charge >= 0.3 is 0 Å². The van der Waals surface area contributed by atoms with Crippen molar-refractivity contribution in [3.8, 4) is 11.5 Å². The van der Waals surface area contributed by atoms with Gasteiger partial charge in [0, 0.05) is 23.9 Å². The van der Waals surface area contributed by atoms with E-state index in [0.717, 1.165) is 16.8 Å². The highest BCUT2D eigenvalue weighted by molar-refractivity contribution is 6.03. The number of carbonyl (C=O) groups excluding carboxylic acids is 1. The minimum absolute atomic E-state index is 0.0838. The first-order valence-corrected chi connectivity index (χ1v) is 9.92. The molecule has 0 aliphatic carbocycles. The van der Waals surface area contributed by atoms with Crippen LogP contribution in [-0.4, -0.2) is 20.1 Å². The van der Waals surface area contributed by atoms with E-state index < -0.39 is 0 Å². The Hall–Kier alpha value is -3.93. The molecular formula is C25H27N3O3. The molecular weight excluding hydrogens is 390 g/mol. The second-order valence-electron chi connectivity index (χ2n) is 7.01. The number of carbonyl (C=O) groups is 1. The van der Waals surface area contributed by atoms with E-state index in [9.17, 15) is 4.79 Å². The minimum Gasteiger partial charge on any atom is -0.493 e. The van der Waals surface area contributed by atoms with Crippen molar-refractivity contribution < 1.29 is 14.3 Å². The molecule has 1 atom stereocenters. The average molecular weight is 418 g/mol. The van der Waals surface area contributed by atoms with E-state index >= 15 is 0 Å². The molecule has 6 heteroatoms. The summed E-state index contributed by atoms with van der Waals surface area (Å²) in [6.07, 6.45) is 3.26. The molecule has 1 amide bonds. The summed E-state index contributed by atoms with van der Waals surface area (Å²) in [6.45, 7) is 2.08. The number of benzene rings is 3. The molecule has 3 aromatic rings. The van der Waals surface area contributed by atoms with Crippen LogP contribution >= 0.6 is 0 Å². The maximum atomic E-state index is 12.1. The van der Waals surface area contributed by atoms with Crippen LogP contribution < -0.4 is 25.8 Å². The fourth-order valence-electron chi connectivity index (χ4n) is 3.11. The number of amides is 1. The Morgan fingerprint density at radius 3 is 2.35 bits per heavy atom. The van der Waals surface area contributed by atoms with Gasteiger partial charge in [-0.05, 0) is 48.4 Å². The van der Waals surface area contributed by atoms with Gasteiger partial charge in [-0.15, -0.1) is 0 Å². The first-order valence-electron chi connectivity index (χ1n) is 9.92. The lowest BCUT2D eigenvalue weighted by atomic mass is 10.1. The van der Waals surface area contributed by atoms with Gasteiger partial charge in [0.25, 0.3) is 0 Å². The molecule has 0 heterocycles. The molecule has 3 rings (SSSR count). The van der Waals surface area contributed by atoms with Crippen molar-refractivity contribution in [3.05, 3.63) is 83.9 Å². The fourth-order valence-corrected chi connectivity index (χ4v) is 3.11. The zero-order chi connectivity index (χ0) is 22.2. The van der Waals surface area contributed by atoms with Crippen molar-refractivity contribution in [1.29, 1.82) is 0 Å². The highest BCUT2D eigenvalue weighted by Crippen LogP contribution is 2.31. The smallest absolute Gasteiger partial charge is 0.248 e. The zero-order valence-electron chi connectivity index (χ0n) is 17.9. The van der Waals surface area contributed by atoms with E-state index in [4.69, 9.17) is 15.2 Å². The van der Waals surface area contributed by atoms with Gasteiger partial charge in [0.1, 0.15) is 0 Å². The van der Waals surface area contributed by atoms with Gasteiger partial charge in [0.15, 0.2) is 11.5 Å².